The Balaban J connectivity index is 1.26. The molecule has 1 aromatic rings. The van der Waals surface area contributed by atoms with Gasteiger partial charge in [0.05, 0.1) is 19.5 Å². The Morgan fingerprint density at radius 2 is 1.91 bits per heavy atom. The summed E-state index contributed by atoms with van der Waals surface area (Å²) in [5.41, 5.74) is 0. The van der Waals surface area contributed by atoms with Gasteiger partial charge < -0.3 is 29.0 Å². The van der Waals surface area contributed by atoms with E-state index < -0.39 is 0 Å². The number of piperazine rings is 1. The minimum Gasteiger partial charge on any atom is -0.469 e. The van der Waals surface area contributed by atoms with Crippen LogP contribution in [0.15, 0.2) is 27.8 Å². The largest absolute Gasteiger partial charge is 0.469 e. The van der Waals surface area contributed by atoms with E-state index in [1.54, 1.807) is 6.26 Å². The number of rotatable bonds is 8. The predicted octanol–water partition coefficient (Wildman–Crippen LogP) is 0.813. The van der Waals surface area contributed by atoms with E-state index in [4.69, 9.17) is 18.9 Å². The molecule has 1 unspecified atom stereocenters. The molecule has 0 aliphatic carbocycles. The zero-order valence-electron chi connectivity index (χ0n) is 19.0. The van der Waals surface area contributed by atoms with Crippen LogP contribution in [0.4, 0.5) is 0 Å². The molecule has 178 valence electrons. The smallest absolute Gasteiger partial charge is 0.251 e. The van der Waals surface area contributed by atoms with E-state index in [9.17, 15) is 4.79 Å². The van der Waals surface area contributed by atoms with Crippen LogP contribution in [0.25, 0.3) is 0 Å². The monoisotopic (exact) mass is 447 g/mol. The van der Waals surface area contributed by atoms with Crippen LogP contribution in [-0.4, -0.2) is 111 Å². The average Bonchev–Trinajstić information content (AvgIpc) is 3.56. The number of carbonyl (C=O) groups is 1. The van der Waals surface area contributed by atoms with Gasteiger partial charge in [0, 0.05) is 71.9 Å². The van der Waals surface area contributed by atoms with Gasteiger partial charge in [-0.05, 0) is 31.4 Å². The number of hydrogen-bond donors (Lipinski definition) is 1. The van der Waals surface area contributed by atoms with Gasteiger partial charge in [-0.2, -0.15) is 0 Å². The van der Waals surface area contributed by atoms with Gasteiger partial charge in [-0.3, -0.25) is 14.7 Å². The molecule has 9 heteroatoms. The lowest BCUT2D eigenvalue weighted by atomic mass is 10.2. The Morgan fingerprint density at radius 3 is 2.62 bits per heavy atom. The van der Waals surface area contributed by atoms with Crippen LogP contribution in [0.2, 0.25) is 0 Å². The topological polar surface area (TPSA) is 82.8 Å². The summed E-state index contributed by atoms with van der Waals surface area (Å²) in [4.78, 5) is 24.2. The molecule has 1 atom stereocenters. The maximum atomic E-state index is 12.7. The molecule has 3 aliphatic rings. The fourth-order valence-corrected chi connectivity index (χ4v) is 4.44. The van der Waals surface area contributed by atoms with Crippen molar-refractivity contribution in [1.82, 2.24) is 20.0 Å². The molecule has 1 aromatic heterocycles. The zero-order chi connectivity index (χ0) is 22.0. The standard InChI is InChI=1S/C23H37N5O4/c29-22(21-5-2-17-32-21)27-10-12-28(13-11-27)23(25-8-6-20-4-1-16-31-20)24-7-3-9-26-14-18-30-19-15-26/h1,4,16,21H,2-3,5-15,17-19H2,(H,24,25). The third kappa shape index (κ3) is 6.70. The molecule has 0 aromatic carbocycles. The van der Waals surface area contributed by atoms with Gasteiger partial charge in [-0.15, -0.1) is 0 Å². The number of ether oxygens (including phenoxy) is 2. The second-order valence-corrected chi connectivity index (χ2v) is 8.58. The molecule has 3 saturated heterocycles. The number of nitrogens with one attached hydrogen (secondary N) is 1. The fourth-order valence-electron chi connectivity index (χ4n) is 4.44. The predicted molar refractivity (Wildman–Crippen MR) is 122 cm³/mol. The molecule has 0 saturated carbocycles. The maximum Gasteiger partial charge on any atom is 0.251 e. The molecule has 0 bridgehead atoms. The molecule has 4 rings (SSSR count). The van der Waals surface area contributed by atoms with E-state index in [-0.39, 0.29) is 12.0 Å². The highest BCUT2D eigenvalue weighted by atomic mass is 16.5. The van der Waals surface area contributed by atoms with E-state index in [1.165, 1.54) is 0 Å². The minimum absolute atomic E-state index is 0.150. The number of carbonyl (C=O) groups excluding carboxylic acids is 1. The highest BCUT2D eigenvalue weighted by Gasteiger charge is 2.31. The zero-order valence-corrected chi connectivity index (χ0v) is 19.0. The van der Waals surface area contributed by atoms with Crippen LogP contribution in [0.1, 0.15) is 25.0 Å². The lowest BCUT2D eigenvalue weighted by Gasteiger charge is -2.37. The number of furan rings is 1. The molecule has 1 N–H and O–H groups in total. The summed E-state index contributed by atoms with van der Waals surface area (Å²) >= 11 is 0. The third-order valence-corrected chi connectivity index (χ3v) is 6.33. The molecule has 32 heavy (non-hydrogen) atoms. The first-order valence-electron chi connectivity index (χ1n) is 12.1. The molecule has 1 amide bonds. The minimum atomic E-state index is -0.235. The third-order valence-electron chi connectivity index (χ3n) is 6.33. The summed E-state index contributed by atoms with van der Waals surface area (Å²) in [6.45, 7) is 10.0. The fraction of sp³-hybridized carbons (Fsp3) is 0.739. The van der Waals surface area contributed by atoms with Crippen LogP contribution in [0, 0.1) is 0 Å². The molecule has 0 spiro atoms. The van der Waals surface area contributed by atoms with Crippen molar-refractivity contribution in [3.63, 3.8) is 0 Å². The van der Waals surface area contributed by atoms with Gasteiger partial charge in [0.15, 0.2) is 5.96 Å². The molecule has 3 aliphatic heterocycles. The molecule has 9 nitrogen and oxygen atoms in total. The van der Waals surface area contributed by atoms with Crippen LogP contribution in [-0.2, 0) is 20.7 Å². The van der Waals surface area contributed by atoms with Gasteiger partial charge in [0.1, 0.15) is 11.9 Å². The van der Waals surface area contributed by atoms with Gasteiger partial charge >= 0.3 is 0 Å². The molecule has 3 fully saturated rings. The van der Waals surface area contributed by atoms with Crippen molar-refractivity contribution in [3.05, 3.63) is 24.2 Å². The first-order chi connectivity index (χ1) is 15.8. The van der Waals surface area contributed by atoms with E-state index in [1.807, 2.05) is 17.0 Å². The summed E-state index contributed by atoms with van der Waals surface area (Å²) in [6.07, 6.45) is 5.15. The Labute approximate surface area is 190 Å². The van der Waals surface area contributed by atoms with E-state index in [0.29, 0.717) is 19.7 Å². The molecule has 4 heterocycles. The SMILES string of the molecule is O=C(C1CCCO1)N1CCN(C(=NCCCN2CCOCC2)NCCc2ccco2)CC1. The van der Waals surface area contributed by atoms with Crippen molar-refractivity contribution < 1.29 is 18.7 Å². The second-order valence-electron chi connectivity index (χ2n) is 8.58. The normalized spacial score (nSPS) is 23.0. The van der Waals surface area contributed by atoms with Crippen molar-refractivity contribution in [2.75, 3.05) is 78.7 Å². The van der Waals surface area contributed by atoms with Crippen LogP contribution < -0.4 is 5.32 Å². The number of guanidine groups is 1. The van der Waals surface area contributed by atoms with Crippen molar-refractivity contribution in [1.29, 1.82) is 0 Å². The van der Waals surface area contributed by atoms with Gasteiger partial charge in [-0.25, -0.2) is 0 Å². The second kappa shape index (κ2) is 12.2. The highest BCUT2D eigenvalue weighted by molar-refractivity contribution is 5.82. The first-order valence-corrected chi connectivity index (χ1v) is 12.1. The van der Waals surface area contributed by atoms with Crippen LogP contribution in [0.5, 0.6) is 0 Å². The van der Waals surface area contributed by atoms with Crippen molar-refractivity contribution in [2.45, 2.75) is 31.8 Å². The molecular formula is C23H37N5O4. The van der Waals surface area contributed by atoms with E-state index in [0.717, 1.165) is 96.4 Å². The van der Waals surface area contributed by atoms with Gasteiger partial charge in [0.25, 0.3) is 5.91 Å². The lowest BCUT2D eigenvalue weighted by Crippen LogP contribution is -2.55. The number of aliphatic imine (C=N–C) groups is 1. The highest BCUT2D eigenvalue weighted by Crippen LogP contribution is 2.16. The number of hydrogen-bond acceptors (Lipinski definition) is 6. The van der Waals surface area contributed by atoms with Crippen molar-refractivity contribution in [2.24, 2.45) is 4.99 Å². The summed E-state index contributed by atoms with van der Waals surface area (Å²) in [5.74, 6) is 2.05. The Kier molecular flexibility index (Phi) is 8.81. The van der Waals surface area contributed by atoms with Crippen LogP contribution >= 0.6 is 0 Å². The van der Waals surface area contributed by atoms with Gasteiger partial charge in [0.2, 0.25) is 0 Å². The molecule has 0 radical (unpaired) electrons. The van der Waals surface area contributed by atoms with Crippen LogP contribution in [0.3, 0.4) is 0 Å². The van der Waals surface area contributed by atoms with Crippen molar-refractivity contribution in [3.8, 4) is 0 Å². The molecular weight excluding hydrogens is 410 g/mol. The van der Waals surface area contributed by atoms with E-state index >= 15 is 0 Å². The Bertz CT molecular complexity index is 706. The Hall–Kier alpha value is -2.10. The number of nitrogens with zero attached hydrogens (tertiary/aromatic N) is 4. The summed E-state index contributed by atoms with van der Waals surface area (Å²) < 4.78 is 16.5. The lowest BCUT2D eigenvalue weighted by molar-refractivity contribution is -0.142. The summed E-state index contributed by atoms with van der Waals surface area (Å²) in [7, 11) is 0. The quantitative estimate of drug-likeness (QED) is 0.359. The van der Waals surface area contributed by atoms with E-state index in [2.05, 4.69) is 15.1 Å². The number of amides is 1. The average molecular weight is 448 g/mol. The summed E-state index contributed by atoms with van der Waals surface area (Å²) in [5, 5.41) is 3.52. The van der Waals surface area contributed by atoms with Gasteiger partial charge in [-0.1, -0.05) is 0 Å². The summed E-state index contributed by atoms with van der Waals surface area (Å²) in [6, 6.07) is 3.91. The maximum absolute atomic E-state index is 12.7. The Morgan fingerprint density at radius 1 is 1.09 bits per heavy atom. The first kappa shape index (κ1) is 23.1. The number of morpholine rings is 1. The van der Waals surface area contributed by atoms with Crippen molar-refractivity contribution >= 4 is 11.9 Å².